The van der Waals surface area contributed by atoms with Gasteiger partial charge >= 0.3 is 7.12 Å². The molecule has 6 heteroatoms. The van der Waals surface area contributed by atoms with Crippen LogP contribution >= 0.6 is 0 Å². The van der Waals surface area contributed by atoms with Crippen LogP contribution in [-0.4, -0.2) is 28.1 Å². The summed E-state index contributed by atoms with van der Waals surface area (Å²) < 4.78 is 0. The average Bonchev–Trinajstić information content (AvgIpc) is 2.40. The summed E-state index contributed by atoms with van der Waals surface area (Å²) in [5, 5.41) is 20.7. The minimum absolute atomic E-state index is 0.177. The highest BCUT2D eigenvalue weighted by atomic mass is 16.4. The van der Waals surface area contributed by atoms with Crippen molar-refractivity contribution in [3.8, 4) is 0 Å². The molecule has 2 rings (SSSR count). The molecule has 0 aliphatic rings. The lowest BCUT2D eigenvalue weighted by Crippen LogP contribution is -2.31. The first-order valence-electron chi connectivity index (χ1n) is 5.34. The van der Waals surface area contributed by atoms with Crippen molar-refractivity contribution < 1.29 is 14.8 Å². The molecular weight excluding hydrogens is 231 g/mol. The first-order valence-corrected chi connectivity index (χ1v) is 5.34. The molecule has 2 aromatic rings. The molecule has 0 bridgehead atoms. The number of aromatic nitrogens is 1. The highest BCUT2D eigenvalue weighted by molar-refractivity contribution is 6.58. The Morgan fingerprint density at radius 2 is 1.89 bits per heavy atom. The number of hydrogen-bond acceptors (Lipinski definition) is 4. The maximum absolute atomic E-state index is 11.9. The molecule has 1 aromatic carbocycles. The van der Waals surface area contributed by atoms with Crippen LogP contribution in [0.4, 0.5) is 5.69 Å². The molecule has 0 atom stereocenters. The van der Waals surface area contributed by atoms with Crippen molar-refractivity contribution in [2.45, 2.75) is 0 Å². The SMILES string of the molecule is O=C(Nc1ccccc1)c1cncc(B(O)O)c1. The third-order valence-corrected chi connectivity index (χ3v) is 2.35. The first-order chi connectivity index (χ1) is 8.66. The summed E-state index contributed by atoms with van der Waals surface area (Å²) in [6.45, 7) is 0. The van der Waals surface area contributed by atoms with E-state index >= 15 is 0 Å². The maximum atomic E-state index is 11.9. The van der Waals surface area contributed by atoms with Gasteiger partial charge in [0, 0.05) is 23.5 Å². The molecule has 0 fully saturated rings. The van der Waals surface area contributed by atoms with Crippen molar-refractivity contribution in [2.24, 2.45) is 0 Å². The standard InChI is InChI=1S/C12H11BN2O3/c16-12(15-11-4-2-1-3-5-11)9-6-10(13(17)18)8-14-7-9/h1-8,17-18H,(H,15,16). The molecule has 1 aromatic heterocycles. The predicted molar refractivity (Wildman–Crippen MR) is 68.5 cm³/mol. The Morgan fingerprint density at radius 3 is 2.56 bits per heavy atom. The lowest BCUT2D eigenvalue weighted by Gasteiger charge is -2.06. The molecule has 0 saturated carbocycles. The molecular formula is C12H11BN2O3. The number of benzene rings is 1. The van der Waals surface area contributed by atoms with E-state index < -0.39 is 7.12 Å². The second-order valence-corrected chi connectivity index (χ2v) is 3.70. The zero-order valence-electron chi connectivity index (χ0n) is 9.45. The normalized spacial score (nSPS) is 9.89. The third kappa shape index (κ3) is 2.94. The molecule has 0 unspecified atom stereocenters. The van der Waals surface area contributed by atoms with Crippen molar-refractivity contribution in [3.63, 3.8) is 0 Å². The van der Waals surface area contributed by atoms with Gasteiger partial charge in [0.25, 0.3) is 5.91 Å². The van der Waals surface area contributed by atoms with E-state index in [0.717, 1.165) is 0 Å². The van der Waals surface area contributed by atoms with E-state index in [-0.39, 0.29) is 16.9 Å². The van der Waals surface area contributed by atoms with E-state index in [1.165, 1.54) is 18.5 Å². The molecule has 0 saturated heterocycles. The summed E-state index contributed by atoms with van der Waals surface area (Å²) in [6.07, 6.45) is 2.66. The number of rotatable bonds is 3. The largest absolute Gasteiger partial charge is 0.490 e. The lowest BCUT2D eigenvalue weighted by molar-refractivity contribution is 0.102. The average molecular weight is 242 g/mol. The molecule has 90 valence electrons. The Kier molecular flexibility index (Phi) is 3.71. The molecule has 5 nitrogen and oxygen atoms in total. The quantitative estimate of drug-likeness (QED) is 0.662. The van der Waals surface area contributed by atoms with Gasteiger partial charge in [-0.25, -0.2) is 0 Å². The van der Waals surface area contributed by atoms with Gasteiger partial charge in [-0.15, -0.1) is 0 Å². The topological polar surface area (TPSA) is 82.5 Å². The number of carbonyl (C=O) groups excluding carboxylic acids is 1. The van der Waals surface area contributed by atoms with Crippen molar-refractivity contribution >= 4 is 24.2 Å². The fourth-order valence-corrected chi connectivity index (χ4v) is 1.45. The highest BCUT2D eigenvalue weighted by Crippen LogP contribution is 2.07. The molecule has 0 radical (unpaired) electrons. The number of amides is 1. The van der Waals surface area contributed by atoms with Crippen LogP contribution in [0.15, 0.2) is 48.8 Å². The van der Waals surface area contributed by atoms with Gasteiger partial charge in [-0.05, 0) is 18.2 Å². The van der Waals surface area contributed by atoms with Crippen molar-refractivity contribution in [1.29, 1.82) is 0 Å². The summed E-state index contributed by atoms with van der Waals surface area (Å²) >= 11 is 0. The van der Waals surface area contributed by atoms with Crippen LogP contribution in [0.25, 0.3) is 0 Å². The van der Waals surface area contributed by atoms with Crippen molar-refractivity contribution in [2.75, 3.05) is 5.32 Å². The minimum atomic E-state index is -1.64. The predicted octanol–water partition coefficient (Wildman–Crippen LogP) is 0.0137. The smallest absolute Gasteiger partial charge is 0.423 e. The van der Waals surface area contributed by atoms with Gasteiger partial charge in [0.1, 0.15) is 0 Å². The number of nitrogens with zero attached hydrogens (tertiary/aromatic N) is 1. The van der Waals surface area contributed by atoms with E-state index in [2.05, 4.69) is 10.3 Å². The molecule has 0 aliphatic heterocycles. The molecule has 18 heavy (non-hydrogen) atoms. The van der Waals surface area contributed by atoms with Crippen LogP contribution in [0.1, 0.15) is 10.4 Å². The fourth-order valence-electron chi connectivity index (χ4n) is 1.45. The summed E-state index contributed by atoms with van der Waals surface area (Å²) in [4.78, 5) is 15.7. The maximum Gasteiger partial charge on any atom is 0.490 e. The van der Waals surface area contributed by atoms with E-state index in [1.807, 2.05) is 18.2 Å². The first kappa shape index (κ1) is 12.3. The molecule has 0 spiro atoms. The molecule has 1 amide bonds. The number of pyridine rings is 1. The van der Waals surface area contributed by atoms with Gasteiger partial charge in [-0.2, -0.15) is 0 Å². The summed E-state index contributed by atoms with van der Waals surface area (Å²) in [7, 11) is -1.64. The van der Waals surface area contributed by atoms with E-state index in [0.29, 0.717) is 5.69 Å². The van der Waals surface area contributed by atoms with Gasteiger partial charge < -0.3 is 15.4 Å². The molecule has 0 aliphatic carbocycles. The van der Waals surface area contributed by atoms with Gasteiger partial charge in [0.15, 0.2) is 0 Å². The van der Waals surface area contributed by atoms with Gasteiger partial charge in [-0.1, -0.05) is 18.2 Å². The Bertz CT molecular complexity index is 546. The number of anilines is 1. The van der Waals surface area contributed by atoms with E-state index in [9.17, 15) is 4.79 Å². The summed E-state index contributed by atoms with van der Waals surface area (Å²) in [5.74, 6) is -0.351. The van der Waals surface area contributed by atoms with Gasteiger partial charge in [0.2, 0.25) is 0 Å². The molecule has 1 heterocycles. The van der Waals surface area contributed by atoms with Crippen LogP contribution in [0.2, 0.25) is 0 Å². The minimum Gasteiger partial charge on any atom is -0.423 e. The monoisotopic (exact) mass is 242 g/mol. The molecule has 3 N–H and O–H groups in total. The van der Waals surface area contributed by atoms with Gasteiger partial charge in [0.05, 0.1) is 5.56 Å². The van der Waals surface area contributed by atoms with Crippen molar-refractivity contribution in [3.05, 3.63) is 54.4 Å². The van der Waals surface area contributed by atoms with Crippen LogP contribution < -0.4 is 10.8 Å². The fraction of sp³-hybridized carbons (Fsp3) is 0. The van der Waals surface area contributed by atoms with Crippen LogP contribution in [-0.2, 0) is 0 Å². The van der Waals surface area contributed by atoms with Crippen LogP contribution in [0, 0.1) is 0 Å². The van der Waals surface area contributed by atoms with E-state index in [4.69, 9.17) is 10.0 Å². The second kappa shape index (κ2) is 5.44. The van der Waals surface area contributed by atoms with Crippen LogP contribution in [0.3, 0.4) is 0 Å². The number of hydrogen-bond donors (Lipinski definition) is 3. The zero-order chi connectivity index (χ0) is 13.0. The Labute approximate surface area is 104 Å². The zero-order valence-corrected chi connectivity index (χ0v) is 9.45. The Morgan fingerprint density at radius 1 is 1.17 bits per heavy atom. The number of carbonyl (C=O) groups is 1. The number of para-hydroxylation sites is 1. The highest BCUT2D eigenvalue weighted by Gasteiger charge is 2.14. The van der Waals surface area contributed by atoms with Gasteiger partial charge in [-0.3, -0.25) is 9.78 Å². The number of nitrogens with one attached hydrogen (secondary N) is 1. The van der Waals surface area contributed by atoms with E-state index in [1.54, 1.807) is 12.1 Å². The Hall–Kier alpha value is -2.18. The lowest BCUT2D eigenvalue weighted by atomic mass is 9.81. The van der Waals surface area contributed by atoms with Crippen LogP contribution in [0.5, 0.6) is 0 Å². The summed E-state index contributed by atoms with van der Waals surface area (Å²) in [6, 6.07) is 10.4. The third-order valence-electron chi connectivity index (χ3n) is 2.35. The summed E-state index contributed by atoms with van der Waals surface area (Å²) in [5.41, 5.74) is 1.11. The second-order valence-electron chi connectivity index (χ2n) is 3.70. The van der Waals surface area contributed by atoms with Crippen molar-refractivity contribution in [1.82, 2.24) is 4.98 Å². The Balaban J connectivity index is 2.16.